The molecule has 0 bridgehead atoms. The third kappa shape index (κ3) is 1.85. The number of fused-ring (bicyclic) bond motifs is 3. The Morgan fingerprint density at radius 3 is 2.95 bits per heavy atom. The van der Waals surface area contributed by atoms with Crippen LogP contribution in [0.5, 0.6) is 0 Å². The number of likely N-dealkylation sites (tertiary alicyclic amines) is 1. The van der Waals surface area contributed by atoms with Crippen molar-refractivity contribution in [1.29, 1.82) is 5.26 Å². The maximum Gasteiger partial charge on any atom is 0.407 e. The predicted molar refractivity (Wildman–Crippen MR) is 78.0 cm³/mol. The molecular weight excluding hydrogens is 322 g/mol. The molecule has 2 heterocycles. The SMILES string of the molecule is CN1c2c(C#N)cc(Br)cc2C2CN(C(=O)O)CCC21. The lowest BCUT2D eigenvalue weighted by atomic mass is 9.89. The summed E-state index contributed by atoms with van der Waals surface area (Å²) in [5.74, 6) is 0.143. The van der Waals surface area contributed by atoms with E-state index in [0.717, 1.165) is 22.1 Å². The second kappa shape index (κ2) is 4.67. The first-order valence-corrected chi connectivity index (χ1v) is 7.26. The Hall–Kier alpha value is -1.74. The van der Waals surface area contributed by atoms with E-state index >= 15 is 0 Å². The quantitative estimate of drug-likeness (QED) is 0.791. The number of nitriles is 1. The number of nitrogens with zero attached hydrogens (tertiary/aromatic N) is 3. The highest BCUT2D eigenvalue weighted by Gasteiger charge is 2.42. The molecule has 0 radical (unpaired) electrons. The molecular formula is C14H14BrN3O2. The van der Waals surface area contributed by atoms with Gasteiger partial charge in [-0.25, -0.2) is 4.79 Å². The number of anilines is 1. The third-order valence-corrected chi connectivity index (χ3v) is 4.78. The van der Waals surface area contributed by atoms with Crippen molar-refractivity contribution in [2.75, 3.05) is 25.0 Å². The van der Waals surface area contributed by atoms with Crippen molar-refractivity contribution in [3.05, 3.63) is 27.7 Å². The number of carbonyl (C=O) groups is 1. The molecule has 2 atom stereocenters. The molecule has 104 valence electrons. The van der Waals surface area contributed by atoms with Gasteiger partial charge in [-0.3, -0.25) is 0 Å². The van der Waals surface area contributed by atoms with Crippen LogP contribution in [0.2, 0.25) is 0 Å². The highest BCUT2D eigenvalue weighted by atomic mass is 79.9. The molecule has 1 saturated heterocycles. The zero-order valence-electron chi connectivity index (χ0n) is 11.0. The third-order valence-electron chi connectivity index (χ3n) is 4.32. The van der Waals surface area contributed by atoms with Crippen molar-refractivity contribution in [2.45, 2.75) is 18.4 Å². The molecule has 20 heavy (non-hydrogen) atoms. The minimum Gasteiger partial charge on any atom is -0.465 e. The van der Waals surface area contributed by atoms with Gasteiger partial charge in [-0.05, 0) is 24.1 Å². The van der Waals surface area contributed by atoms with Gasteiger partial charge in [0.25, 0.3) is 0 Å². The Morgan fingerprint density at radius 2 is 2.30 bits per heavy atom. The fraction of sp³-hybridized carbons (Fsp3) is 0.429. The van der Waals surface area contributed by atoms with Gasteiger partial charge in [0.1, 0.15) is 6.07 Å². The predicted octanol–water partition coefficient (Wildman–Crippen LogP) is 2.61. The van der Waals surface area contributed by atoms with E-state index in [1.165, 1.54) is 4.90 Å². The molecule has 1 aromatic rings. The zero-order chi connectivity index (χ0) is 14.4. The number of piperidine rings is 1. The van der Waals surface area contributed by atoms with Gasteiger partial charge in [-0.1, -0.05) is 15.9 Å². The summed E-state index contributed by atoms with van der Waals surface area (Å²) in [5.41, 5.74) is 2.68. The molecule has 5 nitrogen and oxygen atoms in total. The number of rotatable bonds is 0. The maximum absolute atomic E-state index is 11.2. The van der Waals surface area contributed by atoms with Gasteiger partial charge < -0.3 is 14.9 Å². The van der Waals surface area contributed by atoms with Crippen LogP contribution in [0.15, 0.2) is 16.6 Å². The standard InChI is InChI=1S/C14H14BrN3O2/c1-17-12-2-3-18(14(19)20)7-11(12)10-5-9(15)4-8(6-16)13(10)17/h4-5,11-12H,2-3,7H2,1H3,(H,19,20). The molecule has 1 fully saturated rings. The monoisotopic (exact) mass is 335 g/mol. The molecule has 1 N–H and O–H groups in total. The van der Waals surface area contributed by atoms with Gasteiger partial charge in [0.2, 0.25) is 0 Å². The first kappa shape index (κ1) is 13.3. The number of likely N-dealkylation sites (N-methyl/N-ethyl adjacent to an activating group) is 1. The van der Waals surface area contributed by atoms with Gasteiger partial charge in [-0.15, -0.1) is 0 Å². The Labute approximate surface area is 125 Å². The van der Waals surface area contributed by atoms with Crippen molar-refractivity contribution in [3.63, 3.8) is 0 Å². The van der Waals surface area contributed by atoms with Gasteiger partial charge in [-0.2, -0.15) is 5.26 Å². The van der Waals surface area contributed by atoms with Crippen molar-refractivity contribution in [3.8, 4) is 6.07 Å². The molecule has 0 saturated carbocycles. The number of hydrogen-bond acceptors (Lipinski definition) is 3. The lowest BCUT2D eigenvalue weighted by Gasteiger charge is -2.36. The van der Waals surface area contributed by atoms with E-state index in [2.05, 4.69) is 26.9 Å². The zero-order valence-corrected chi connectivity index (χ0v) is 12.6. The average Bonchev–Trinajstić information content (AvgIpc) is 2.71. The van der Waals surface area contributed by atoms with E-state index < -0.39 is 6.09 Å². The largest absolute Gasteiger partial charge is 0.465 e. The number of amides is 1. The van der Waals surface area contributed by atoms with Gasteiger partial charge in [0.05, 0.1) is 11.3 Å². The molecule has 2 aliphatic heterocycles. The first-order chi connectivity index (χ1) is 9.52. The van der Waals surface area contributed by atoms with Crippen LogP contribution in [-0.4, -0.2) is 42.3 Å². The van der Waals surface area contributed by atoms with E-state index in [4.69, 9.17) is 0 Å². The lowest BCUT2D eigenvalue weighted by molar-refractivity contribution is 0.127. The Balaban J connectivity index is 2.07. The second-order valence-electron chi connectivity index (χ2n) is 5.30. The van der Waals surface area contributed by atoms with Crippen molar-refractivity contribution < 1.29 is 9.90 Å². The highest BCUT2D eigenvalue weighted by Crippen LogP contribution is 2.46. The molecule has 1 amide bonds. The van der Waals surface area contributed by atoms with Crippen LogP contribution in [0.3, 0.4) is 0 Å². The van der Waals surface area contributed by atoms with Crippen molar-refractivity contribution in [2.24, 2.45) is 0 Å². The number of hydrogen-bond donors (Lipinski definition) is 1. The molecule has 0 aliphatic carbocycles. The number of carboxylic acid groups (broad SMARTS) is 1. The minimum atomic E-state index is -0.866. The molecule has 2 unspecified atom stereocenters. The summed E-state index contributed by atoms with van der Waals surface area (Å²) in [6.07, 6.45) is -0.0694. The molecule has 6 heteroatoms. The molecule has 3 rings (SSSR count). The van der Waals surface area contributed by atoms with Crippen LogP contribution in [0.1, 0.15) is 23.5 Å². The smallest absolute Gasteiger partial charge is 0.407 e. The fourth-order valence-corrected chi connectivity index (χ4v) is 3.91. The van der Waals surface area contributed by atoms with Crippen LogP contribution >= 0.6 is 15.9 Å². The van der Waals surface area contributed by atoms with E-state index in [1.54, 1.807) is 0 Å². The summed E-state index contributed by atoms with van der Waals surface area (Å²) in [6, 6.07) is 6.36. The Kier molecular flexibility index (Phi) is 3.09. The van der Waals surface area contributed by atoms with Gasteiger partial charge in [0, 0.05) is 36.6 Å². The topological polar surface area (TPSA) is 67.6 Å². The number of halogens is 1. The van der Waals surface area contributed by atoms with E-state index in [9.17, 15) is 15.2 Å². The van der Waals surface area contributed by atoms with Crippen molar-refractivity contribution in [1.82, 2.24) is 4.90 Å². The molecule has 2 aliphatic rings. The summed E-state index contributed by atoms with van der Waals surface area (Å²) in [6.45, 7) is 1.05. The second-order valence-corrected chi connectivity index (χ2v) is 6.22. The van der Waals surface area contributed by atoms with Crippen molar-refractivity contribution >= 4 is 27.7 Å². The molecule has 0 spiro atoms. The minimum absolute atomic E-state index is 0.143. The fourth-order valence-electron chi connectivity index (χ4n) is 3.43. The van der Waals surface area contributed by atoms with Crippen LogP contribution in [0, 0.1) is 11.3 Å². The van der Waals surface area contributed by atoms with Crippen LogP contribution in [0.25, 0.3) is 0 Å². The highest BCUT2D eigenvalue weighted by molar-refractivity contribution is 9.10. The van der Waals surface area contributed by atoms with Crippen LogP contribution in [0.4, 0.5) is 10.5 Å². The molecule has 0 aromatic heterocycles. The molecule has 1 aromatic carbocycles. The van der Waals surface area contributed by atoms with E-state index in [1.807, 2.05) is 19.2 Å². The summed E-state index contributed by atoms with van der Waals surface area (Å²) in [7, 11) is 1.99. The lowest BCUT2D eigenvalue weighted by Crippen LogP contribution is -2.46. The maximum atomic E-state index is 11.2. The van der Waals surface area contributed by atoms with Crippen LogP contribution in [-0.2, 0) is 0 Å². The van der Waals surface area contributed by atoms with E-state index in [0.29, 0.717) is 18.7 Å². The Bertz CT molecular complexity index is 626. The summed E-state index contributed by atoms with van der Waals surface area (Å²) in [4.78, 5) is 14.8. The summed E-state index contributed by atoms with van der Waals surface area (Å²) in [5, 5.41) is 18.5. The van der Waals surface area contributed by atoms with Gasteiger partial charge >= 0.3 is 6.09 Å². The summed E-state index contributed by atoms with van der Waals surface area (Å²) >= 11 is 3.44. The van der Waals surface area contributed by atoms with Gasteiger partial charge in [0.15, 0.2) is 0 Å². The van der Waals surface area contributed by atoms with Crippen LogP contribution < -0.4 is 4.90 Å². The average molecular weight is 336 g/mol. The summed E-state index contributed by atoms with van der Waals surface area (Å²) < 4.78 is 0.870. The van der Waals surface area contributed by atoms with E-state index in [-0.39, 0.29) is 12.0 Å². The normalized spacial score (nSPS) is 24.1. The number of benzene rings is 1. The Morgan fingerprint density at radius 1 is 1.55 bits per heavy atom. The first-order valence-electron chi connectivity index (χ1n) is 6.47.